The van der Waals surface area contributed by atoms with Gasteiger partial charge in [0.05, 0.1) is 29.8 Å². The highest BCUT2D eigenvalue weighted by Gasteiger charge is 2.20. The second-order valence-corrected chi connectivity index (χ2v) is 9.45. The minimum Gasteiger partial charge on any atom is -0.323 e. The van der Waals surface area contributed by atoms with Crippen molar-refractivity contribution in [3.63, 3.8) is 0 Å². The maximum atomic E-state index is 14.9. The first kappa shape index (κ1) is 23.9. The van der Waals surface area contributed by atoms with Gasteiger partial charge in [-0.05, 0) is 71.1 Å². The Balaban J connectivity index is 1.45. The van der Waals surface area contributed by atoms with E-state index in [0.717, 1.165) is 50.1 Å². The van der Waals surface area contributed by atoms with Crippen molar-refractivity contribution in [3.8, 4) is 11.3 Å². The Labute approximate surface area is 207 Å². The normalized spacial score (nSPS) is 15.1. The molecule has 3 aromatic heterocycles. The number of halogens is 2. The molecule has 1 N–H and O–H groups in total. The van der Waals surface area contributed by atoms with Crippen molar-refractivity contribution in [2.45, 2.75) is 38.6 Å². The molecule has 0 bridgehead atoms. The molecule has 1 aromatic carbocycles. The highest BCUT2D eigenvalue weighted by atomic mass is 19.1. The second kappa shape index (κ2) is 9.69. The van der Waals surface area contributed by atoms with Crippen LogP contribution < -0.4 is 10.9 Å². The van der Waals surface area contributed by atoms with Crippen molar-refractivity contribution in [3.05, 3.63) is 70.5 Å². The number of benzene rings is 1. The maximum Gasteiger partial charge on any atom is 0.269 e. The summed E-state index contributed by atoms with van der Waals surface area (Å²) in [6, 6.07) is 6.34. The third kappa shape index (κ3) is 4.68. The van der Waals surface area contributed by atoms with Crippen molar-refractivity contribution in [2.24, 2.45) is 0 Å². The SMILES string of the molecule is CC(C)n1c(=O)cnc2c(F)cc(-c3nc(Nc4ccc(C5CCN(C)CC5)nc4)ncc3F)cc21. The summed E-state index contributed by atoms with van der Waals surface area (Å²) in [6.45, 7) is 5.73. The van der Waals surface area contributed by atoms with Crippen molar-refractivity contribution in [1.82, 2.24) is 29.4 Å². The molecule has 0 unspecified atom stereocenters. The van der Waals surface area contributed by atoms with Gasteiger partial charge in [0.2, 0.25) is 5.95 Å². The van der Waals surface area contributed by atoms with Gasteiger partial charge in [0.25, 0.3) is 5.56 Å². The highest BCUT2D eigenvalue weighted by molar-refractivity contribution is 5.82. The number of piperidine rings is 1. The molecule has 10 heteroatoms. The summed E-state index contributed by atoms with van der Waals surface area (Å²) in [5.74, 6) is -0.798. The predicted octanol–water partition coefficient (Wildman–Crippen LogP) is 4.66. The van der Waals surface area contributed by atoms with Gasteiger partial charge < -0.3 is 14.8 Å². The summed E-state index contributed by atoms with van der Waals surface area (Å²) >= 11 is 0. The van der Waals surface area contributed by atoms with Crippen LogP contribution in [0.1, 0.15) is 44.3 Å². The molecule has 36 heavy (non-hydrogen) atoms. The fourth-order valence-corrected chi connectivity index (χ4v) is 4.65. The first-order chi connectivity index (χ1) is 17.3. The monoisotopic (exact) mass is 491 g/mol. The Bertz CT molecular complexity index is 1460. The van der Waals surface area contributed by atoms with Gasteiger partial charge in [0.15, 0.2) is 11.6 Å². The lowest BCUT2D eigenvalue weighted by Crippen LogP contribution is -2.29. The second-order valence-electron chi connectivity index (χ2n) is 9.45. The Kier molecular flexibility index (Phi) is 6.44. The lowest BCUT2D eigenvalue weighted by molar-refractivity contribution is 0.253. The number of aromatic nitrogens is 5. The van der Waals surface area contributed by atoms with Crippen LogP contribution in [-0.4, -0.2) is 49.5 Å². The standard InChI is InChI=1S/C26H27F2N7O/c1-15(2)35-22-11-17(10-19(27)25(22)30-14-23(35)36)24-20(28)13-31-26(33-24)32-18-4-5-21(29-12-18)16-6-8-34(3)9-7-16/h4-5,10-16H,6-9H2,1-3H3,(H,31,32,33). The lowest BCUT2D eigenvalue weighted by atomic mass is 9.93. The Morgan fingerprint density at radius 1 is 1.00 bits per heavy atom. The van der Waals surface area contributed by atoms with E-state index < -0.39 is 11.6 Å². The zero-order chi connectivity index (χ0) is 25.4. The number of nitrogens with one attached hydrogen (secondary N) is 1. The van der Waals surface area contributed by atoms with Gasteiger partial charge in [-0.15, -0.1) is 0 Å². The number of nitrogens with zero attached hydrogens (tertiary/aromatic N) is 6. The topological polar surface area (TPSA) is 88.8 Å². The fraction of sp³-hybridized carbons (Fsp3) is 0.346. The van der Waals surface area contributed by atoms with E-state index in [1.54, 1.807) is 6.20 Å². The van der Waals surface area contributed by atoms with Crippen LogP contribution in [0.2, 0.25) is 0 Å². The molecule has 0 aliphatic carbocycles. The minimum atomic E-state index is -0.711. The van der Waals surface area contributed by atoms with E-state index in [9.17, 15) is 13.6 Å². The van der Waals surface area contributed by atoms with E-state index in [-0.39, 0.29) is 39.8 Å². The van der Waals surface area contributed by atoms with Gasteiger partial charge in [-0.25, -0.2) is 23.7 Å². The number of hydrogen-bond acceptors (Lipinski definition) is 7. The van der Waals surface area contributed by atoms with Crippen LogP contribution in [0.3, 0.4) is 0 Å². The molecular formula is C26H27F2N7O. The minimum absolute atomic E-state index is 0.0376. The van der Waals surface area contributed by atoms with Gasteiger partial charge in [-0.1, -0.05) is 0 Å². The molecule has 0 saturated carbocycles. The zero-order valence-electron chi connectivity index (χ0n) is 20.4. The van der Waals surface area contributed by atoms with Crippen molar-refractivity contribution in [1.29, 1.82) is 0 Å². The molecule has 0 spiro atoms. The van der Waals surface area contributed by atoms with E-state index in [2.05, 4.69) is 37.2 Å². The highest BCUT2D eigenvalue weighted by Crippen LogP contribution is 2.29. The number of rotatable bonds is 5. The van der Waals surface area contributed by atoms with E-state index in [1.165, 1.54) is 10.6 Å². The molecule has 0 atom stereocenters. The van der Waals surface area contributed by atoms with Crippen LogP contribution in [0.4, 0.5) is 20.4 Å². The lowest BCUT2D eigenvalue weighted by Gasteiger charge is -2.28. The predicted molar refractivity (Wildman–Crippen MR) is 134 cm³/mol. The summed E-state index contributed by atoms with van der Waals surface area (Å²) in [7, 11) is 2.12. The van der Waals surface area contributed by atoms with Gasteiger partial charge in [0, 0.05) is 23.2 Å². The van der Waals surface area contributed by atoms with Gasteiger partial charge in [0.1, 0.15) is 11.2 Å². The molecular weight excluding hydrogens is 464 g/mol. The van der Waals surface area contributed by atoms with Crippen LogP contribution in [-0.2, 0) is 0 Å². The molecule has 5 rings (SSSR count). The quantitative estimate of drug-likeness (QED) is 0.434. The molecule has 4 aromatic rings. The van der Waals surface area contributed by atoms with E-state index in [1.807, 2.05) is 26.0 Å². The molecule has 0 amide bonds. The van der Waals surface area contributed by atoms with Crippen LogP contribution in [0.15, 0.2) is 47.7 Å². The molecule has 0 radical (unpaired) electrons. The molecule has 4 heterocycles. The van der Waals surface area contributed by atoms with Gasteiger partial charge in [-0.3, -0.25) is 9.78 Å². The number of anilines is 2. The maximum absolute atomic E-state index is 14.9. The van der Waals surface area contributed by atoms with E-state index >= 15 is 0 Å². The number of likely N-dealkylation sites (tertiary alicyclic amines) is 1. The summed E-state index contributed by atoms with van der Waals surface area (Å²) < 4.78 is 31.1. The molecule has 1 aliphatic heterocycles. The van der Waals surface area contributed by atoms with E-state index in [4.69, 9.17) is 0 Å². The summed E-state index contributed by atoms with van der Waals surface area (Å²) in [5, 5.41) is 3.05. The summed E-state index contributed by atoms with van der Waals surface area (Å²) in [6.07, 6.45) is 5.98. The van der Waals surface area contributed by atoms with Gasteiger partial charge in [-0.2, -0.15) is 0 Å². The summed E-state index contributed by atoms with van der Waals surface area (Å²) in [5.41, 5.74) is 1.74. The van der Waals surface area contributed by atoms with Crippen LogP contribution in [0.5, 0.6) is 0 Å². The molecule has 1 fully saturated rings. The first-order valence-corrected chi connectivity index (χ1v) is 12.0. The molecule has 1 aliphatic rings. The van der Waals surface area contributed by atoms with E-state index in [0.29, 0.717) is 11.6 Å². The Morgan fingerprint density at radius 2 is 1.78 bits per heavy atom. The number of pyridine rings is 1. The van der Waals surface area contributed by atoms with Crippen LogP contribution in [0.25, 0.3) is 22.3 Å². The summed E-state index contributed by atoms with van der Waals surface area (Å²) in [4.78, 5) is 31.5. The first-order valence-electron chi connectivity index (χ1n) is 12.0. The van der Waals surface area contributed by atoms with Crippen molar-refractivity contribution >= 4 is 22.7 Å². The largest absolute Gasteiger partial charge is 0.323 e. The third-order valence-electron chi connectivity index (χ3n) is 6.56. The Hall–Kier alpha value is -3.79. The molecule has 186 valence electrons. The van der Waals surface area contributed by atoms with Crippen LogP contribution in [0, 0.1) is 11.6 Å². The fourth-order valence-electron chi connectivity index (χ4n) is 4.65. The van der Waals surface area contributed by atoms with Crippen LogP contribution >= 0.6 is 0 Å². The Morgan fingerprint density at radius 3 is 2.47 bits per heavy atom. The smallest absolute Gasteiger partial charge is 0.269 e. The third-order valence-corrected chi connectivity index (χ3v) is 6.56. The average molecular weight is 492 g/mol. The number of hydrogen-bond donors (Lipinski definition) is 1. The molecule has 1 saturated heterocycles. The molecule has 8 nitrogen and oxygen atoms in total. The average Bonchev–Trinajstić information content (AvgIpc) is 2.85. The number of fused-ring (bicyclic) bond motifs is 1. The van der Waals surface area contributed by atoms with Crippen molar-refractivity contribution in [2.75, 3.05) is 25.5 Å². The van der Waals surface area contributed by atoms with Gasteiger partial charge >= 0.3 is 0 Å². The zero-order valence-corrected chi connectivity index (χ0v) is 20.4. The van der Waals surface area contributed by atoms with Crippen molar-refractivity contribution < 1.29 is 8.78 Å².